The van der Waals surface area contributed by atoms with E-state index in [9.17, 15) is 4.79 Å². The van der Waals surface area contributed by atoms with Gasteiger partial charge in [-0.05, 0) is 44.5 Å². The molecular weight excluding hydrogens is 370 g/mol. The van der Waals surface area contributed by atoms with Crippen LogP contribution < -0.4 is 14.8 Å². The molecule has 0 saturated carbocycles. The first-order valence-electron chi connectivity index (χ1n) is 9.49. The lowest BCUT2D eigenvalue weighted by Gasteiger charge is -2.25. The van der Waals surface area contributed by atoms with Gasteiger partial charge in [-0.3, -0.25) is 4.79 Å². The van der Waals surface area contributed by atoms with Crippen molar-refractivity contribution in [3.8, 4) is 17.4 Å². The van der Waals surface area contributed by atoms with Gasteiger partial charge in [-0.15, -0.1) is 0 Å². The van der Waals surface area contributed by atoms with Crippen LogP contribution in [0.5, 0.6) is 11.5 Å². The number of hydrogen-bond donors (Lipinski definition) is 1. The highest BCUT2D eigenvalue weighted by atomic mass is 16.5. The molecule has 0 fully saturated rings. The number of anilines is 1. The quantitative estimate of drug-likeness (QED) is 0.716. The minimum absolute atomic E-state index is 0.00378. The molecule has 1 N–H and O–H groups in total. The van der Waals surface area contributed by atoms with Gasteiger partial charge >= 0.3 is 0 Å². The van der Waals surface area contributed by atoms with Gasteiger partial charge in [0, 0.05) is 30.3 Å². The van der Waals surface area contributed by atoms with Crippen LogP contribution in [0.1, 0.15) is 43.0 Å². The number of amides is 1. The summed E-state index contributed by atoms with van der Waals surface area (Å²) < 4.78 is 12.9. The standard InChI is InChI=1S/C21H23N5O3/c1-12(2)29-17-10-14(6-7-16(17)28-4)15-11-18(27)24-20-19(15)13(3)25-26(20)21-22-8-5-9-23-21/h5-10,12,15H,11H2,1-4H3,(H,24,27)/t15-/m1/s1. The maximum atomic E-state index is 12.5. The summed E-state index contributed by atoms with van der Waals surface area (Å²) in [7, 11) is 1.61. The minimum atomic E-state index is -0.156. The number of rotatable bonds is 5. The van der Waals surface area contributed by atoms with E-state index in [1.165, 1.54) is 0 Å². The van der Waals surface area contributed by atoms with Crippen molar-refractivity contribution < 1.29 is 14.3 Å². The fraction of sp³-hybridized carbons (Fsp3) is 0.333. The Morgan fingerprint density at radius 2 is 1.97 bits per heavy atom. The number of nitrogens with one attached hydrogen (secondary N) is 1. The van der Waals surface area contributed by atoms with E-state index in [0.717, 1.165) is 16.8 Å². The molecule has 150 valence electrons. The average Bonchev–Trinajstić information content (AvgIpc) is 3.04. The molecule has 8 nitrogen and oxygen atoms in total. The van der Waals surface area contributed by atoms with Crippen LogP contribution in [0.25, 0.3) is 5.95 Å². The molecule has 3 heterocycles. The van der Waals surface area contributed by atoms with Crippen molar-refractivity contribution >= 4 is 11.7 Å². The zero-order chi connectivity index (χ0) is 20.5. The Morgan fingerprint density at radius 3 is 2.66 bits per heavy atom. The molecule has 1 aliphatic heterocycles. The number of ether oxygens (including phenoxy) is 2. The molecule has 1 atom stereocenters. The van der Waals surface area contributed by atoms with Crippen LogP contribution in [-0.4, -0.2) is 38.9 Å². The molecule has 1 amide bonds. The van der Waals surface area contributed by atoms with Gasteiger partial charge in [0.2, 0.25) is 5.91 Å². The van der Waals surface area contributed by atoms with Crippen molar-refractivity contribution in [1.29, 1.82) is 0 Å². The van der Waals surface area contributed by atoms with Crippen molar-refractivity contribution in [2.24, 2.45) is 0 Å². The number of fused-ring (bicyclic) bond motifs is 1. The predicted octanol–water partition coefficient (Wildman–Crippen LogP) is 3.24. The van der Waals surface area contributed by atoms with E-state index < -0.39 is 0 Å². The highest BCUT2D eigenvalue weighted by Gasteiger charge is 2.33. The molecule has 29 heavy (non-hydrogen) atoms. The van der Waals surface area contributed by atoms with Crippen LogP contribution in [0, 0.1) is 6.92 Å². The van der Waals surface area contributed by atoms with Crippen molar-refractivity contribution in [3.63, 3.8) is 0 Å². The van der Waals surface area contributed by atoms with Gasteiger partial charge in [-0.25, -0.2) is 9.97 Å². The van der Waals surface area contributed by atoms with Gasteiger partial charge in [0.15, 0.2) is 11.5 Å². The van der Waals surface area contributed by atoms with Crippen LogP contribution in [0.3, 0.4) is 0 Å². The lowest BCUT2D eigenvalue weighted by atomic mass is 9.85. The fourth-order valence-electron chi connectivity index (χ4n) is 3.63. The third-order valence-corrected chi connectivity index (χ3v) is 4.80. The van der Waals surface area contributed by atoms with Crippen molar-refractivity contribution in [3.05, 3.63) is 53.5 Å². The number of benzene rings is 1. The van der Waals surface area contributed by atoms with E-state index in [4.69, 9.17) is 9.47 Å². The highest BCUT2D eigenvalue weighted by molar-refractivity contribution is 5.95. The Hall–Kier alpha value is -3.42. The first kappa shape index (κ1) is 18.9. The molecule has 0 spiro atoms. The number of carbonyl (C=O) groups excluding carboxylic acids is 1. The van der Waals surface area contributed by atoms with Crippen LogP contribution in [0.15, 0.2) is 36.7 Å². The van der Waals surface area contributed by atoms with Gasteiger partial charge in [0.05, 0.1) is 18.9 Å². The molecule has 4 rings (SSSR count). The third kappa shape index (κ3) is 3.53. The monoisotopic (exact) mass is 393 g/mol. The molecule has 1 aliphatic rings. The van der Waals surface area contributed by atoms with E-state index in [1.807, 2.05) is 39.0 Å². The van der Waals surface area contributed by atoms with Crippen molar-refractivity contribution in [2.45, 2.75) is 39.2 Å². The Morgan fingerprint density at radius 1 is 1.21 bits per heavy atom. The van der Waals surface area contributed by atoms with Crippen LogP contribution in [-0.2, 0) is 4.79 Å². The van der Waals surface area contributed by atoms with Gasteiger partial charge < -0.3 is 14.8 Å². The molecule has 0 saturated heterocycles. The number of hydrogen-bond acceptors (Lipinski definition) is 6. The molecule has 1 aromatic carbocycles. The molecular formula is C21H23N5O3. The number of aryl methyl sites for hydroxylation is 1. The zero-order valence-electron chi connectivity index (χ0n) is 16.8. The topological polar surface area (TPSA) is 91.2 Å². The van der Waals surface area contributed by atoms with Gasteiger partial charge in [-0.1, -0.05) is 6.07 Å². The summed E-state index contributed by atoms with van der Waals surface area (Å²) in [6.07, 6.45) is 3.62. The van der Waals surface area contributed by atoms with E-state index in [1.54, 1.807) is 30.3 Å². The summed E-state index contributed by atoms with van der Waals surface area (Å²) in [5, 5.41) is 7.54. The molecule has 0 bridgehead atoms. The number of carbonyl (C=O) groups is 1. The number of nitrogens with zero attached hydrogens (tertiary/aromatic N) is 4. The van der Waals surface area contributed by atoms with E-state index >= 15 is 0 Å². The van der Waals surface area contributed by atoms with E-state index in [2.05, 4.69) is 20.4 Å². The normalized spacial score (nSPS) is 15.8. The van der Waals surface area contributed by atoms with Gasteiger partial charge in [-0.2, -0.15) is 9.78 Å². The van der Waals surface area contributed by atoms with Gasteiger partial charge in [0.25, 0.3) is 5.95 Å². The lowest BCUT2D eigenvalue weighted by Crippen LogP contribution is -2.25. The van der Waals surface area contributed by atoms with Crippen molar-refractivity contribution in [1.82, 2.24) is 19.7 Å². The van der Waals surface area contributed by atoms with E-state index in [-0.39, 0.29) is 17.9 Å². The Bertz CT molecular complexity index is 1050. The van der Waals surface area contributed by atoms with Crippen molar-refractivity contribution in [2.75, 3.05) is 12.4 Å². The Balaban J connectivity index is 1.82. The summed E-state index contributed by atoms with van der Waals surface area (Å²) in [6, 6.07) is 7.52. The van der Waals surface area contributed by atoms with Gasteiger partial charge in [0.1, 0.15) is 5.82 Å². The summed E-state index contributed by atoms with van der Waals surface area (Å²) >= 11 is 0. The second-order valence-electron chi connectivity index (χ2n) is 7.19. The first-order valence-corrected chi connectivity index (χ1v) is 9.49. The fourth-order valence-corrected chi connectivity index (χ4v) is 3.63. The summed E-state index contributed by atoms with van der Waals surface area (Å²) in [5.74, 6) is 2.10. The molecule has 8 heteroatoms. The van der Waals surface area contributed by atoms with E-state index in [0.29, 0.717) is 29.7 Å². The maximum absolute atomic E-state index is 12.5. The molecule has 0 aliphatic carbocycles. The number of methoxy groups -OCH3 is 1. The predicted molar refractivity (Wildman–Crippen MR) is 108 cm³/mol. The minimum Gasteiger partial charge on any atom is -0.493 e. The Kier molecular flexibility index (Phi) is 4.92. The Labute approximate surface area is 168 Å². The SMILES string of the molecule is COc1ccc([C@H]2CC(=O)Nc3c2c(C)nn3-c2ncccn2)cc1OC(C)C. The summed E-state index contributed by atoms with van der Waals surface area (Å²) in [6.45, 7) is 5.86. The second-order valence-corrected chi connectivity index (χ2v) is 7.19. The largest absolute Gasteiger partial charge is 0.493 e. The third-order valence-electron chi connectivity index (χ3n) is 4.80. The second kappa shape index (κ2) is 7.54. The number of aromatic nitrogens is 4. The van der Waals surface area contributed by atoms with Crippen LogP contribution in [0.4, 0.5) is 5.82 Å². The molecule has 0 unspecified atom stereocenters. The zero-order valence-corrected chi connectivity index (χ0v) is 16.8. The lowest BCUT2D eigenvalue weighted by molar-refractivity contribution is -0.116. The summed E-state index contributed by atoms with van der Waals surface area (Å²) in [4.78, 5) is 21.1. The molecule has 3 aromatic rings. The highest BCUT2D eigenvalue weighted by Crippen LogP contribution is 2.42. The molecule has 0 radical (unpaired) electrons. The maximum Gasteiger partial charge on any atom is 0.252 e. The molecule has 2 aromatic heterocycles. The smallest absolute Gasteiger partial charge is 0.252 e. The van der Waals surface area contributed by atoms with Crippen LogP contribution in [0.2, 0.25) is 0 Å². The van der Waals surface area contributed by atoms with Crippen LogP contribution >= 0.6 is 0 Å². The summed E-state index contributed by atoms with van der Waals surface area (Å²) in [5.41, 5.74) is 2.74. The first-order chi connectivity index (χ1) is 14.0. The average molecular weight is 393 g/mol.